The summed E-state index contributed by atoms with van der Waals surface area (Å²) in [4.78, 5) is 18.8. The van der Waals surface area contributed by atoms with Crippen molar-refractivity contribution in [3.8, 4) is 0 Å². The number of nitrogens with zero attached hydrogens (tertiary/aromatic N) is 2. The SMILES string of the molecule is CNS(=O)(=O)c1ccc(CNC(=O)Nc2ccc(N3CCCC3)nc2)cc1. The lowest BCUT2D eigenvalue weighted by Gasteiger charge is -2.16. The fraction of sp³-hybridized carbons (Fsp3) is 0.333. The molecule has 3 N–H and O–H groups in total. The second kappa shape index (κ2) is 8.36. The van der Waals surface area contributed by atoms with Gasteiger partial charge in [-0.2, -0.15) is 0 Å². The molecule has 0 unspecified atom stereocenters. The van der Waals surface area contributed by atoms with Crippen molar-refractivity contribution in [1.82, 2.24) is 15.0 Å². The Labute approximate surface area is 159 Å². The Bertz CT molecular complexity index is 876. The standard InChI is InChI=1S/C18H23N5O3S/c1-19-27(25,26)16-7-4-14(5-8-16)12-21-18(24)22-15-6-9-17(20-13-15)23-10-2-3-11-23/h4-9,13,19H,2-3,10-12H2,1H3,(H2,21,22,24). The van der Waals surface area contributed by atoms with Crippen molar-refractivity contribution in [2.24, 2.45) is 0 Å². The molecule has 0 spiro atoms. The van der Waals surface area contributed by atoms with Crippen molar-refractivity contribution in [1.29, 1.82) is 0 Å². The van der Waals surface area contributed by atoms with Crippen LogP contribution < -0.4 is 20.3 Å². The van der Waals surface area contributed by atoms with E-state index in [1.165, 1.54) is 32.0 Å². The van der Waals surface area contributed by atoms with Crippen LogP contribution in [0.1, 0.15) is 18.4 Å². The van der Waals surface area contributed by atoms with Crippen molar-refractivity contribution in [3.63, 3.8) is 0 Å². The molecule has 144 valence electrons. The molecule has 8 nitrogen and oxygen atoms in total. The number of benzene rings is 1. The Morgan fingerprint density at radius 3 is 2.41 bits per heavy atom. The average Bonchev–Trinajstić information content (AvgIpc) is 3.22. The van der Waals surface area contributed by atoms with Gasteiger partial charge >= 0.3 is 6.03 Å². The van der Waals surface area contributed by atoms with Crippen LogP contribution in [-0.2, 0) is 16.6 Å². The molecule has 2 heterocycles. The predicted molar refractivity (Wildman–Crippen MR) is 104 cm³/mol. The molecule has 1 aromatic carbocycles. The number of carbonyl (C=O) groups is 1. The molecule has 9 heteroatoms. The molecule has 0 radical (unpaired) electrons. The normalized spacial score (nSPS) is 14.2. The van der Waals surface area contributed by atoms with Crippen molar-refractivity contribution in [2.45, 2.75) is 24.3 Å². The summed E-state index contributed by atoms with van der Waals surface area (Å²) in [6, 6.07) is 9.72. The van der Waals surface area contributed by atoms with E-state index in [0.717, 1.165) is 24.5 Å². The Balaban J connectivity index is 1.50. The van der Waals surface area contributed by atoms with Crippen molar-refractivity contribution in [2.75, 3.05) is 30.4 Å². The smallest absolute Gasteiger partial charge is 0.319 e. The summed E-state index contributed by atoms with van der Waals surface area (Å²) < 4.78 is 25.6. The second-order valence-electron chi connectivity index (χ2n) is 6.26. The maximum atomic E-state index is 12.0. The summed E-state index contributed by atoms with van der Waals surface area (Å²) in [5.74, 6) is 0.926. The molecular formula is C18H23N5O3S. The first kappa shape index (κ1) is 19.1. The maximum absolute atomic E-state index is 12.0. The van der Waals surface area contributed by atoms with E-state index in [9.17, 15) is 13.2 Å². The highest BCUT2D eigenvalue weighted by atomic mass is 32.2. The number of anilines is 2. The molecule has 27 heavy (non-hydrogen) atoms. The van der Waals surface area contributed by atoms with Gasteiger partial charge in [0.15, 0.2) is 0 Å². The molecule has 1 aromatic heterocycles. The number of amides is 2. The summed E-state index contributed by atoms with van der Waals surface area (Å²) in [6.45, 7) is 2.33. The summed E-state index contributed by atoms with van der Waals surface area (Å²) in [5, 5.41) is 5.47. The Morgan fingerprint density at radius 2 is 1.81 bits per heavy atom. The van der Waals surface area contributed by atoms with Crippen LogP contribution in [0.15, 0.2) is 47.5 Å². The molecule has 0 atom stereocenters. The fourth-order valence-corrected chi connectivity index (χ4v) is 3.59. The third-order valence-corrected chi connectivity index (χ3v) is 5.82. The first-order valence-corrected chi connectivity index (χ1v) is 10.2. The van der Waals surface area contributed by atoms with E-state index < -0.39 is 10.0 Å². The van der Waals surface area contributed by atoms with E-state index in [1.54, 1.807) is 18.3 Å². The van der Waals surface area contributed by atoms with Gasteiger partial charge < -0.3 is 15.5 Å². The maximum Gasteiger partial charge on any atom is 0.319 e. The summed E-state index contributed by atoms with van der Waals surface area (Å²) >= 11 is 0. The van der Waals surface area contributed by atoms with E-state index >= 15 is 0 Å². The zero-order valence-corrected chi connectivity index (χ0v) is 15.9. The molecule has 0 aliphatic carbocycles. The third kappa shape index (κ3) is 4.95. The third-order valence-electron chi connectivity index (χ3n) is 4.39. The zero-order chi connectivity index (χ0) is 19.3. The van der Waals surface area contributed by atoms with Crippen LogP contribution in [0.2, 0.25) is 0 Å². The monoisotopic (exact) mass is 389 g/mol. The number of urea groups is 1. The summed E-state index contributed by atoms with van der Waals surface area (Å²) in [7, 11) is -2.09. The number of pyridine rings is 1. The molecule has 0 bridgehead atoms. The lowest BCUT2D eigenvalue weighted by molar-refractivity contribution is 0.251. The van der Waals surface area contributed by atoms with Gasteiger partial charge in [0, 0.05) is 19.6 Å². The van der Waals surface area contributed by atoms with Crippen LogP contribution in [0.4, 0.5) is 16.3 Å². The van der Waals surface area contributed by atoms with Gasteiger partial charge in [0.2, 0.25) is 10.0 Å². The number of hydrogen-bond acceptors (Lipinski definition) is 5. The minimum atomic E-state index is -3.46. The average molecular weight is 389 g/mol. The van der Waals surface area contributed by atoms with E-state index in [-0.39, 0.29) is 17.5 Å². The minimum Gasteiger partial charge on any atom is -0.357 e. The number of carbonyl (C=O) groups excluding carboxylic acids is 1. The van der Waals surface area contributed by atoms with E-state index in [4.69, 9.17) is 0 Å². The number of aromatic nitrogens is 1. The molecule has 0 saturated carbocycles. The molecule has 3 rings (SSSR count). The highest BCUT2D eigenvalue weighted by molar-refractivity contribution is 7.89. The predicted octanol–water partition coefficient (Wildman–Crippen LogP) is 1.91. The molecule has 1 aliphatic rings. The molecule has 2 amide bonds. The number of rotatable bonds is 6. The van der Waals surface area contributed by atoms with Crippen LogP contribution in [-0.4, -0.2) is 39.6 Å². The van der Waals surface area contributed by atoms with Gasteiger partial charge in [-0.05, 0) is 49.7 Å². The van der Waals surface area contributed by atoms with E-state index in [1.807, 2.05) is 12.1 Å². The van der Waals surface area contributed by atoms with Crippen LogP contribution >= 0.6 is 0 Å². The van der Waals surface area contributed by atoms with Gasteiger partial charge in [-0.25, -0.2) is 22.9 Å². The molecular weight excluding hydrogens is 366 g/mol. The van der Waals surface area contributed by atoms with Crippen LogP contribution in [0.25, 0.3) is 0 Å². The van der Waals surface area contributed by atoms with Crippen LogP contribution in [0, 0.1) is 0 Å². The summed E-state index contributed by atoms with van der Waals surface area (Å²) in [6.07, 6.45) is 4.02. The fourth-order valence-electron chi connectivity index (χ4n) is 2.86. The van der Waals surface area contributed by atoms with Gasteiger partial charge in [0.1, 0.15) is 5.82 Å². The van der Waals surface area contributed by atoms with E-state index in [2.05, 4.69) is 25.2 Å². The molecule has 1 saturated heterocycles. The molecule has 1 aliphatic heterocycles. The Hall–Kier alpha value is -2.65. The number of sulfonamides is 1. The molecule has 2 aromatic rings. The van der Waals surface area contributed by atoms with Crippen molar-refractivity contribution >= 4 is 27.6 Å². The van der Waals surface area contributed by atoms with Gasteiger partial charge in [-0.1, -0.05) is 12.1 Å². The van der Waals surface area contributed by atoms with Gasteiger partial charge in [0.25, 0.3) is 0 Å². The van der Waals surface area contributed by atoms with E-state index in [0.29, 0.717) is 5.69 Å². The topological polar surface area (TPSA) is 103 Å². The molecule has 1 fully saturated rings. The second-order valence-corrected chi connectivity index (χ2v) is 8.14. The first-order valence-electron chi connectivity index (χ1n) is 8.76. The van der Waals surface area contributed by atoms with Crippen molar-refractivity contribution < 1.29 is 13.2 Å². The summed E-state index contributed by atoms with van der Waals surface area (Å²) in [5.41, 5.74) is 1.41. The minimum absolute atomic E-state index is 0.183. The first-order chi connectivity index (χ1) is 13.0. The Kier molecular flexibility index (Phi) is 5.92. The van der Waals surface area contributed by atoms with Crippen LogP contribution in [0.5, 0.6) is 0 Å². The van der Waals surface area contributed by atoms with Gasteiger partial charge in [-0.15, -0.1) is 0 Å². The van der Waals surface area contributed by atoms with Crippen molar-refractivity contribution in [3.05, 3.63) is 48.2 Å². The Morgan fingerprint density at radius 1 is 1.11 bits per heavy atom. The van der Waals surface area contributed by atoms with Gasteiger partial charge in [-0.3, -0.25) is 0 Å². The highest BCUT2D eigenvalue weighted by Crippen LogP contribution is 2.19. The lowest BCUT2D eigenvalue weighted by atomic mass is 10.2. The quantitative estimate of drug-likeness (QED) is 0.700. The lowest BCUT2D eigenvalue weighted by Crippen LogP contribution is -2.28. The van der Waals surface area contributed by atoms with Crippen LogP contribution in [0.3, 0.4) is 0 Å². The largest absolute Gasteiger partial charge is 0.357 e. The number of hydrogen-bond donors (Lipinski definition) is 3. The van der Waals surface area contributed by atoms with Gasteiger partial charge in [0.05, 0.1) is 16.8 Å². The zero-order valence-electron chi connectivity index (χ0n) is 15.1. The number of nitrogens with one attached hydrogen (secondary N) is 3. The highest BCUT2D eigenvalue weighted by Gasteiger charge is 2.13.